The van der Waals surface area contributed by atoms with Gasteiger partial charge in [0, 0.05) is 18.8 Å². The van der Waals surface area contributed by atoms with Crippen LogP contribution in [0.4, 0.5) is 5.69 Å². The Labute approximate surface area is 108 Å². The van der Waals surface area contributed by atoms with Crippen LogP contribution in [0.25, 0.3) is 0 Å². The molecule has 1 aromatic carbocycles. The van der Waals surface area contributed by atoms with Crippen molar-refractivity contribution < 1.29 is 4.74 Å². The van der Waals surface area contributed by atoms with Crippen molar-refractivity contribution in [3.63, 3.8) is 0 Å². The maximum absolute atomic E-state index is 5.23. The Morgan fingerprint density at radius 1 is 1.47 bits per heavy atom. The zero-order valence-electron chi connectivity index (χ0n) is 9.64. The molecule has 0 spiro atoms. The minimum atomic E-state index is 0.675. The highest BCUT2D eigenvalue weighted by molar-refractivity contribution is 9.10. The second kappa shape index (κ2) is 5.18. The maximum Gasteiger partial charge on any atom is 0.135 e. The molecule has 0 atom stereocenters. The summed E-state index contributed by atoms with van der Waals surface area (Å²) < 4.78 is 7.91. The second-order valence-corrected chi connectivity index (χ2v) is 4.41. The van der Waals surface area contributed by atoms with E-state index in [2.05, 4.69) is 31.6 Å². The number of nitrogens with zero attached hydrogens (tertiary/aromatic N) is 3. The first-order valence-electron chi connectivity index (χ1n) is 5.11. The summed E-state index contributed by atoms with van der Waals surface area (Å²) in [5.74, 6) is 0.804. The van der Waals surface area contributed by atoms with Crippen LogP contribution in [0.2, 0.25) is 0 Å². The molecular formula is C11H13BrN4O. The molecule has 0 unspecified atom stereocenters. The van der Waals surface area contributed by atoms with Crippen molar-refractivity contribution in [2.75, 3.05) is 12.4 Å². The Morgan fingerprint density at radius 2 is 2.29 bits per heavy atom. The smallest absolute Gasteiger partial charge is 0.135 e. The monoisotopic (exact) mass is 296 g/mol. The van der Waals surface area contributed by atoms with Crippen molar-refractivity contribution in [1.29, 1.82) is 0 Å². The summed E-state index contributed by atoms with van der Waals surface area (Å²) in [6.45, 7) is 0.675. The molecule has 5 nitrogen and oxygen atoms in total. The molecule has 1 heterocycles. The maximum atomic E-state index is 5.23. The number of benzene rings is 1. The van der Waals surface area contributed by atoms with Gasteiger partial charge < -0.3 is 10.1 Å². The van der Waals surface area contributed by atoms with E-state index in [1.807, 2.05) is 25.2 Å². The number of ether oxygens (including phenoxy) is 1. The van der Waals surface area contributed by atoms with Crippen molar-refractivity contribution in [2.24, 2.45) is 7.05 Å². The normalized spacial score (nSPS) is 10.3. The lowest BCUT2D eigenvalue weighted by atomic mass is 10.3. The van der Waals surface area contributed by atoms with E-state index >= 15 is 0 Å². The van der Waals surface area contributed by atoms with Crippen molar-refractivity contribution >= 4 is 21.6 Å². The topological polar surface area (TPSA) is 52.0 Å². The van der Waals surface area contributed by atoms with Gasteiger partial charge in [-0.25, -0.2) is 0 Å². The van der Waals surface area contributed by atoms with Gasteiger partial charge in [-0.15, -0.1) is 5.10 Å². The van der Waals surface area contributed by atoms with Crippen molar-refractivity contribution in [1.82, 2.24) is 15.0 Å². The molecule has 0 saturated carbocycles. The fourth-order valence-electron chi connectivity index (χ4n) is 1.43. The molecule has 0 aliphatic heterocycles. The zero-order valence-corrected chi connectivity index (χ0v) is 11.2. The molecule has 0 radical (unpaired) electrons. The average molecular weight is 297 g/mol. The molecule has 6 heteroatoms. The predicted molar refractivity (Wildman–Crippen MR) is 69.0 cm³/mol. The van der Waals surface area contributed by atoms with Crippen LogP contribution in [-0.2, 0) is 13.6 Å². The van der Waals surface area contributed by atoms with Crippen LogP contribution in [0.1, 0.15) is 5.69 Å². The van der Waals surface area contributed by atoms with Crippen LogP contribution >= 0.6 is 15.9 Å². The molecule has 2 aromatic rings. The van der Waals surface area contributed by atoms with Gasteiger partial charge in [0.05, 0.1) is 30.0 Å². The first-order chi connectivity index (χ1) is 8.20. The summed E-state index contributed by atoms with van der Waals surface area (Å²) in [4.78, 5) is 0. The van der Waals surface area contributed by atoms with E-state index in [0.29, 0.717) is 6.54 Å². The summed E-state index contributed by atoms with van der Waals surface area (Å²) in [5, 5.41) is 11.0. The van der Waals surface area contributed by atoms with E-state index < -0.39 is 0 Å². The SMILES string of the molecule is COc1cc(NCc2cnnn2C)ccc1Br. The number of rotatable bonds is 4. The third-order valence-electron chi connectivity index (χ3n) is 2.43. The van der Waals surface area contributed by atoms with E-state index in [-0.39, 0.29) is 0 Å². The molecule has 0 fully saturated rings. The second-order valence-electron chi connectivity index (χ2n) is 3.55. The van der Waals surface area contributed by atoms with Gasteiger partial charge in [-0.3, -0.25) is 4.68 Å². The van der Waals surface area contributed by atoms with E-state index in [0.717, 1.165) is 21.6 Å². The molecule has 0 amide bonds. The zero-order chi connectivity index (χ0) is 12.3. The minimum absolute atomic E-state index is 0.675. The molecule has 0 aliphatic carbocycles. The van der Waals surface area contributed by atoms with Crippen LogP contribution < -0.4 is 10.1 Å². The van der Waals surface area contributed by atoms with Gasteiger partial charge in [0.25, 0.3) is 0 Å². The van der Waals surface area contributed by atoms with Gasteiger partial charge in [0.2, 0.25) is 0 Å². The fraction of sp³-hybridized carbons (Fsp3) is 0.273. The third kappa shape index (κ3) is 2.76. The summed E-state index contributed by atoms with van der Waals surface area (Å²) in [5.41, 5.74) is 2.01. The number of hydrogen-bond acceptors (Lipinski definition) is 4. The van der Waals surface area contributed by atoms with Gasteiger partial charge in [-0.2, -0.15) is 0 Å². The third-order valence-corrected chi connectivity index (χ3v) is 3.09. The highest BCUT2D eigenvalue weighted by atomic mass is 79.9. The highest BCUT2D eigenvalue weighted by Gasteiger charge is 2.03. The summed E-state index contributed by atoms with van der Waals surface area (Å²) >= 11 is 3.42. The van der Waals surface area contributed by atoms with Crippen molar-refractivity contribution in [3.8, 4) is 5.75 Å². The lowest BCUT2D eigenvalue weighted by Crippen LogP contribution is -2.05. The first-order valence-corrected chi connectivity index (χ1v) is 5.91. The molecule has 90 valence electrons. The Balaban J connectivity index is 2.07. The number of nitrogens with one attached hydrogen (secondary N) is 1. The van der Waals surface area contributed by atoms with Crippen LogP contribution in [0, 0.1) is 0 Å². The fourth-order valence-corrected chi connectivity index (χ4v) is 1.84. The van der Waals surface area contributed by atoms with Gasteiger partial charge in [-0.1, -0.05) is 5.21 Å². The summed E-state index contributed by atoms with van der Waals surface area (Å²) in [6.07, 6.45) is 1.74. The summed E-state index contributed by atoms with van der Waals surface area (Å²) in [6, 6.07) is 5.87. The van der Waals surface area contributed by atoms with Crippen LogP contribution in [-0.4, -0.2) is 22.1 Å². The molecule has 1 N–H and O–H groups in total. The van der Waals surface area contributed by atoms with E-state index in [1.54, 1.807) is 18.0 Å². The quantitative estimate of drug-likeness (QED) is 0.940. The van der Waals surface area contributed by atoms with Gasteiger partial charge in [0.15, 0.2) is 0 Å². The Hall–Kier alpha value is -1.56. The van der Waals surface area contributed by atoms with Gasteiger partial charge >= 0.3 is 0 Å². The lowest BCUT2D eigenvalue weighted by Gasteiger charge is -2.09. The van der Waals surface area contributed by atoms with E-state index in [1.165, 1.54) is 0 Å². The average Bonchev–Trinajstić information content (AvgIpc) is 2.74. The van der Waals surface area contributed by atoms with Crippen LogP contribution in [0.5, 0.6) is 5.75 Å². The largest absolute Gasteiger partial charge is 0.495 e. The number of hydrogen-bond donors (Lipinski definition) is 1. The number of aryl methyl sites for hydroxylation is 1. The Kier molecular flexibility index (Phi) is 3.63. The standard InChI is InChI=1S/C11H13BrN4O/c1-16-9(7-14-15-16)6-13-8-3-4-10(12)11(5-8)17-2/h3-5,7,13H,6H2,1-2H3. The minimum Gasteiger partial charge on any atom is -0.495 e. The number of anilines is 1. The van der Waals surface area contributed by atoms with Crippen LogP contribution in [0.15, 0.2) is 28.9 Å². The van der Waals surface area contributed by atoms with Crippen molar-refractivity contribution in [3.05, 3.63) is 34.6 Å². The van der Waals surface area contributed by atoms with Crippen LogP contribution in [0.3, 0.4) is 0 Å². The van der Waals surface area contributed by atoms with E-state index in [4.69, 9.17) is 4.74 Å². The first kappa shape index (κ1) is 11.9. The number of methoxy groups -OCH3 is 1. The number of halogens is 1. The molecular weight excluding hydrogens is 284 g/mol. The molecule has 1 aromatic heterocycles. The Morgan fingerprint density at radius 3 is 2.94 bits per heavy atom. The lowest BCUT2D eigenvalue weighted by molar-refractivity contribution is 0.412. The van der Waals surface area contributed by atoms with Gasteiger partial charge in [0.1, 0.15) is 5.75 Å². The van der Waals surface area contributed by atoms with Crippen molar-refractivity contribution in [2.45, 2.75) is 6.54 Å². The molecule has 2 rings (SSSR count). The highest BCUT2D eigenvalue weighted by Crippen LogP contribution is 2.27. The molecule has 0 aliphatic rings. The number of aromatic nitrogens is 3. The molecule has 17 heavy (non-hydrogen) atoms. The Bertz CT molecular complexity index is 512. The predicted octanol–water partition coefficient (Wildman–Crippen LogP) is 2.20. The van der Waals surface area contributed by atoms with Gasteiger partial charge in [-0.05, 0) is 28.1 Å². The molecule has 0 bridgehead atoms. The summed E-state index contributed by atoms with van der Waals surface area (Å²) in [7, 11) is 3.51. The van der Waals surface area contributed by atoms with E-state index in [9.17, 15) is 0 Å². The molecule has 0 saturated heterocycles.